The molecule has 1 aliphatic heterocycles. The van der Waals surface area contributed by atoms with Gasteiger partial charge < -0.3 is 24.2 Å². The van der Waals surface area contributed by atoms with Crippen LogP contribution in [0.25, 0.3) is 0 Å². The van der Waals surface area contributed by atoms with E-state index in [1.807, 2.05) is 25.1 Å². The Balaban J connectivity index is 1.90. The third kappa shape index (κ3) is 3.28. The van der Waals surface area contributed by atoms with Crippen LogP contribution in [0.1, 0.15) is 38.2 Å². The molecular formula is C20H29NO5. The monoisotopic (exact) mass is 363 g/mol. The lowest BCUT2D eigenvalue weighted by atomic mass is 9.77. The normalized spacial score (nSPS) is 24.7. The number of likely N-dealkylation sites (tertiary alicyclic amines) is 1. The second-order valence-electron chi connectivity index (χ2n) is 7.13. The fourth-order valence-electron chi connectivity index (χ4n) is 4.34. The summed E-state index contributed by atoms with van der Waals surface area (Å²) in [5.74, 6) is 1.38. The summed E-state index contributed by atoms with van der Waals surface area (Å²) in [6.45, 7) is 3.21. The van der Waals surface area contributed by atoms with Crippen molar-refractivity contribution in [2.45, 2.75) is 50.2 Å². The van der Waals surface area contributed by atoms with E-state index in [0.29, 0.717) is 31.2 Å². The minimum Gasteiger partial charge on any atom is -0.493 e. The quantitative estimate of drug-likeness (QED) is 0.839. The number of nitrogens with zero attached hydrogens (tertiary/aromatic N) is 1. The zero-order valence-corrected chi connectivity index (χ0v) is 15.9. The summed E-state index contributed by atoms with van der Waals surface area (Å²) in [6, 6.07) is 5.76. The molecule has 1 amide bonds. The van der Waals surface area contributed by atoms with Crippen LogP contribution in [0.5, 0.6) is 11.5 Å². The molecule has 6 nitrogen and oxygen atoms in total. The molecule has 3 rings (SSSR count). The van der Waals surface area contributed by atoms with E-state index in [1.165, 1.54) is 0 Å². The smallest absolute Gasteiger partial charge is 0.233 e. The molecule has 1 aliphatic carbocycles. The fraction of sp³-hybridized carbons (Fsp3) is 0.650. The van der Waals surface area contributed by atoms with Crippen molar-refractivity contribution < 1.29 is 24.1 Å². The summed E-state index contributed by atoms with van der Waals surface area (Å²) in [5.41, 5.74) is 0.410. The third-order valence-electron chi connectivity index (χ3n) is 5.71. The van der Waals surface area contributed by atoms with Gasteiger partial charge in [0.2, 0.25) is 5.91 Å². The number of carbonyl (C=O) groups is 1. The molecule has 2 atom stereocenters. The lowest BCUT2D eigenvalue weighted by Gasteiger charge is -2.33. The Hall–Kier alpha value is -1.79. The molecule has 2 aliphatic rings. The van der Waals surface area contributed by atoms with Crippen molar-refractivity contribution in [1.82, 2.24) is 4.90 Å². The summed E-state index contributed by atoms with van der Waals surface area (Å²) in [4.78, 5) is 15.3. The van der Waals surface area contributed by atoms with Gasteiger partial charge in [-0.25, -0.2) is 0 Å². The van der Waals surface area contributed by atoms with Gasteiger partial charge in [-0.15, -0.1) is 0 Å². The first kappa shape index (κ1) is 19.0. The zero-order chi connectivity index (χ0) is 18.7. The average molecular weight is 363 g/mol. The van der Waals surface area contributed by atoms with Crippen molar-refractivity contribution in [2.75, 3.05) is 33.9 Å². The van der Waals surface area contributed by atoms with Gasteiger partial charge in [0.15, 0.2) is 11.5 Å². The van der Waals surface area contributed by atoms with E-state index in [-0.39, 0.29) is 12.0 Å². The second-order valence-corrected chi connectivity index (χ2v) is 7.13. The Labute approximate surface area is 155 Å². The van der Waals surface area contributed by atoms with Crippen LogP contribution in [-0.2, 0) is 14.9 Å². The van der Waals surface area contributed by atoms with Gasteiger partial charge in [0, 0.05) is 19.7 Å². The van der Waals surface area contributed by atoms with E-state index >= 15 is 0 Å². The molecule has 1 aromatic carbocycles. The fourth-order valence-corrected chi connectivity index (χ4v) is 4.34. The maximum atomic E-state index is 13.5. The van der Waals surface area contributed by atoms with E-state index in [4.69, 9.17) is 14.2 Å². The van der Waals surface area contributed by atoms with Crippen LogP contribution in [0.4, 0.5) is 0 Å². The van der Waals surface area contributed by atoms with Gasteiger partial charge in [-0.1, -0.05) is 18.9 Å². The molecule has 0 aromatic heterocycles. The molecule has 6 heteroatoms. The highest BCUT2D eigenvalue weighted by Crippen LogP contribution is 2.45. The molecule has 1 aromatic rings. The molecule has 1 saturated carbocycles. The molecular weight excluding hydrogens is 334 g/mol. The predicted molar refractivity (Wildman–Crippen MR) is 97.7 cm³/mol. The Morgan fingerprint density at radius 3 is 2.50 bits per heavy atom. The molecule has 26 heavy (non-hydrogen) atoms. The summed E-state index contributed by atoms with van der Waals surface area (Å²) >= 11 is 0. The van der Waals surface area contributed by atoms with Crippen molar-refractivity contribution in [3.8, 4) is 11.5 Å². The van der Waals surface area contributed by atoms with E-state index in [1.54, 1.807) is 19.1 Å². The topological polar surface area (TPSA) is 68.2 Å². The molecule has 144 valence electrons. The van der Waals surface area contributed by atoms with Crippen LogP contribution < -0.4 is 9.47 Å². The molecule has 0 unspecified atom stereocenters. The maximum absolute atomic E-state index is 13.5. The first-order valence-corrected chi connectivity index (χ1v) is 9.37. The van der Waals surface area contributed by atoms with E-state index in [9.17, 15) is 9.90 Å². The number of rotatable bonds is 6. The standard InChI is InChI=1S/C20H29NO5/c1-4-26-18-13-21(12-15(18)22)19(23)20(9-5-6-10-20)14-7-8-16(24-2)17(11-14)25-3/h7-8,11,15,18,22H,4-6,9-10,12-13H2,1-3H3/t15-,18-/m0/s1. The number of amides is 1. The van der Waals surface area contributed by atoms with Crippen molar-refractivity contribution in [2.24, 2.45) is 0 Å². The van der Waals surface area contributed by atoms with Gasteiger partial charge in [0.05, 0.1) is 25.7 Å². The SMILES string of the molecule is CCO[C@H]1CN(C(=O)C2(c3ccc(OC)c(OC)c3)CCCC2)C[C@@H]1O. The summed E-state index contributed by atoms with van der Waals surface area (Å²) in [6.07, 6.45) is 2.74. The lowest BCUT2D eigenvalue weighted by molar-refractivity contribution is -0.137. The minimum absolute atomic E-state index is 0.0865. The van der Waals surface area contributed by atoms with Gasteiger partial charge >= 0.3 is 0 Å². The highest BCUT2D eigenvalue weighted by molar-refractivity contribution is 5.89. The minimum atomic E-state index is -0.622. The van der Waals surface area contributed by atoms with Crippen LogP contribution in [0.2, 0.25) is 0 Å². The number of hydrogen-bond acceptors (Lipinski definition) is 5. The average Bonchev–Trinajstić information content (AvgIpc) is 3.29. The van der Waals surface area contributed by atoms with E-state index in [0.717, 1.165) is 31.2 Å². The van der Waals surface area contributed by atoms with Gasteiger partial charge in [0.1, 0.15) is 6.10 Å². The van der Waals surface area contributed by atoms with E-state index in [2.05, 4.69) is 0 Å². The number of carbonyl (C=O) groups excluding carboxylic acids is 1. The molecule has 0 radical (unpaired) electrons. The third-order valence-corrected chi connectivity index (χ3v) is 5.71. The Morgan fingerprint density at radius 1 is 1.19 bits per heavy atom. The number of aliphatic hydroxyl groups is 1. The highest BCUT2D eigenvalue weighted by atomic mass is 16.5. The van der Waals surface area contributed by atoms with Crippen molar-refractivity contribution in [3.63, 3.8) is 0 Å². The van der Waals surface area contributed by atoms with Crippen molar-refractivity contribution in [1.29, 1.82) is 0 Å². The number of aliphatic hydroxyl groups excluding tert-OH is 1. The number of benzene rings is 1. The molecule has 2 fully saturated rings. The largest absolute Gasteiger partial charge is 0.493 e. The first-order valence-electron chi connectivity index (χ1n) is 9.37. The molecule has 0 bridgehead atoms. The van der Waals surface area contributed by atoms with Crippen LogP contribution in [-0.4, -0.2) is 62.0 Å². The first-order chi connectivity index (χ1) is 12.6. The summed E-state index contributed by atoms with van der Waals surface area (Å²) in [5, 5.41) is 10.2. The zero-order valence-electron chi connectivity index (χ0n) is 15.9. The van der Waals surface area contributed by atoms with Gasteiger partial charge in [-0.2, -0.15) is 0 Å². The predicted octanol–water partition coefficient (Wildman–Crippen LogP) is 2.12. The number of ether oxygens (including phenoxy) is 3. The van der Waals surface area contributed by atoms with Crippen LogP contribution in [0.3, 0.4) is 0 Å². The van der Waals surface area contributed by atoms with Gasteiger partial charge in [-0.3, -0.25) is 4.79 Å². The highest BCUT2D eigenvalue weighted by Gasteiger charge is 2.48. The number of β-amino-alcohol motifs (C(OH)–C–C–N with tert-alkyl or cyclic N) is 1. The maximum Gasteiger partial charge on any atom is 0.233 e. The summed E-state index contributed by atoms with van der Waals surface area (Å²) < 4.78 is 16.4. The van der Waals surface area contributed by atoms with Crippen LogP contribution in [0.15, 0.2) is 18.2 Å². The van der Waals surface area contributed by atoms with Gasteiger partial charge in [-0.05, 0) is 37.5 Å². The van der Waals surface area contributed by atoms with Crippen molar-refractivity contribution >= 4 is 5.91 Å². The molecule has 1 heterocycles. The summed E-state index contributed by atoms with van der Waals surface area (Å²) in [7, 11) is 3.21. The van der Waals surface area contributed by atoms with Crippen LogP contribution in [0, 0.1) is 0 Å². The van der Waals surface area contributed by atoms with Crippen molar-refractivity contribution in [3.05, 3.63) is 23.8 Å². The molecule has 1 N–H and O–H groups in total. The number of hydrogen-bond donors (Lipinski definition) is 1. The van der Waals surface area contributed by atoms with E-state index < -0.39 is 11.5 Å². The lowest BCUT2D eigenvalue weighted by Crippen LogP contribution is -2.45. The molecule has 0 spiro atoms. The molecule has 1 saturated heterocycles. The Kier molecular flexibility index (Phi) is 5.73. The Bertz CT molecular complexity index is 641. The second kappa shape index (κ2) is 7.84. The number of methoxy groups -OCH3 is 2. The Morgan fingerprint density at radius 2 is 1.88 bits per heavy atom. The van der Waals surface area contributed by atoms with Gasteiger partial charge in [0.25, 0.3) is 0 Å². The van der Waals surface area contributed by atoms with Crippen LogP contribution >= 0.6 is 0 Å².